The second-order valence-electron chi connectivity index (χ2n) is 7.07. The van der Waals surface area contributed by atoms with E-state index in [9.17, 15) is 9.59 Å². The molecule has 0 aliphatic rings. The highest BCUT2D eigenvalue weighted by Gasteiger charge is 2.15. The highest BCUT2D eigenvalue weighted by atomic mass is 16.5. The van der Waals surface area contributed by atoms with Crippen molar-refractivity contribution >= 4 is 11.8 Å². The molecule has 0 bridgehead atoms. The van der Waals surface area contributed by atoms with E-state index >= 15 is 0 Å². The molecule has 32 heavy (non-hydrogen) atoms. The third-order valence-electron chi connectivity index (χ3n) is 4.47. The second kappa shape index (κ2) is 11.7. The Morgan fingerprint density at radius 2 is 1.44 bits per heavy atom. The molecule has 2 aromatic rings. The van der Waals surface area contributed by atoms with Crippen molar-refractivity contribution in [3.63, 3.8) is 0 Å². The standard InChI is InChI=1S/C23H30N2O7/c1-14(2)32-17-9-8-16(13-18(17)28-3)23(27)25-24-21(26)10-7-15-11-19(29-4)22(31-6)20(12-15)30-5/h8-9,11-14H,7,10H2,1-6H3,(H,24,26)(H,25,27). The Bertz CT molecular complexity index is 919. The van der Waals surface area contributed by atoms with Gasteiger partial charge in [0.25, 0.3) is 5.91 Å². The summed E-state index contributed by atoms with van der Waals surface area (Å²) < 4.78 is 26.9. The van der Waals surface area contributed by atoms with Crippen molar-refractivity contribution in [3.05, 3.63) is 41.5 Å². The molecule has 0 aliphatic heterocycles. The minimum Gasteiger partial charge on any atom is -0.493 e. The molecular formula is C23H30N2O7. The van der Waals surface area contributed by atoms with Crippen molar-refractivity contribution in [2.24, 2.45) is 0 Å². The van der Waals surface area contributed by atoms with Gasteiger partial charge < -0.3 is 23.7 Å². The summed E-state index contributed by atoms with van der Waals surface area (Å²) in [4.78, 5) is 24.6. The zero-order chi connectivity index (χ0) is 23.7. The molecule has 0 fully saturated rings. The van der Waals surface area contributed by atoms with Crippen LogP contribution in [0.3, 0.4) is 0 Å². The fourth-order valence-corrected chi connectivity index (χ4v) is 2.96. The van der Waals surface area contributed by atoms with Crippen molar-refractivity contribution in [2.75, 3.05) is 28.4 Å². The average molecular weight is 447 g/mol. The second-order valence-corrected chi connectivity index (χ2v) is 7.07. The van der Waals surface area contributed by atoms with Crippen molar-refractivity contribution < 1.29 is 33.3 Å². The highest BCUT2D eigenvalue weighted by molar-refractivity contribution is 5.96. The van der Waals surface area contributed by atoms with Crippen LogP contribution in [-0.4, -0.2) is 46.4 Å². The van der Waals surface area contributed by atoms with Gasteiger partial charge in [-0.1, -0.05) is 0 Å². The van der Waals surface area contributed by atoms with Crippen LogP contribution in [-0.2, 0) is 11.2 Å². The van der Waals surface area contributed by atoms with Crippen molar-refractivity contribution in [3.8, 4) is 28.7 Å². The number of carbonyl (C=O) groups excluding carboxylic acids is 2. The van der Waals surface area contributed by atoms with Gasteiger partial charge in [0.15, 0.2) is 23.0 Å². The third kappa shape index (κ3) is 6.44. The summed E-state index contributed by atoms with van der Waals surface area (Å²) in [5.41, 5.74) is 5.97. The fraction of sp³-hybridized carbons (Fsp3) is 0.391. The number of ether oxygens (including phenoxy) is 5. The van der Waals surface area contributed by atoms with Gasteiger partial charge in [0.1, 0.15) is 0 Å². The molecule has 2 N–H and O–H groups in total. The summed E-state index contributed by atoms with van der Waals surface area (Å²) in [5.74, 6) is 1.65. The molecule has 9 nitrogen and oxygen atoms in total. The normalized spacial score (nSPS) is 10.3. The molecular weight excluding hydrogens is 416 g/mol. The monoisotopic (exact) mass is 446 g/mol. The number of carbonyl (C=O) groups is 2. The Morgan fingerprint density at radius 3 is 1.97 bits per heavy atom. The maximum absolute atomic E-state index is 12.4. The molecule has 0 unspecified atom stereocenters. The lowest BCUT2D eigenvalue weighted by atomic mass is 10.1. The number of hydrogen-bond donors (Lipinski definition) is 2. The van der Waals surface area contributed by atoms with Crippen molar-refractivity contribution in [1.29, 1.82) is 0 Å². The number of hydrazine groups is 1. The van der Waals surface area contributed by atoms with Crippen LogP contribution in [0.5, 0.6) is 28.7 Å². The molecule has 174 valence electrons. The van der Waals surface area contributed by atoms with Crippen LogP contribution in [0.1, 0.15) is 36.2 Å². The number of amides is 2. The molecule has 0 aromatic heterocycles. The van der Waals surface area contributed by atoms with Crippen LogP contribution in [0.15, 0.2) is 30.3 Å². The topological polar surface area (TPSA) is 104 Å². The van der Waals surface area contributed by atoms with Gasteiger partial charge in [-0.25, -0.2) is 0 Å². The summed E-state index contributed by atoms with van der Waals surface area (Å²) in [6, 6.07) is 8.35. The van der Waals surface area contributed by atoms with Crippen molar-refractivity contribution in [2.45, 2.75) is 32.8 Å². The predicted octanol–water partition coefficient (Wildman–Crippen LogP) is 2.90. The van der Waals surface area contributed by atoms with Crippen LogP contribution in [0.4, 0.5) is 0 Å². The lowest BCUT2D eigenvalue weighted by Crippen LogP contribution is -2.41. The average Bonchev–Trinajstić information content (AvgIpc) is 2.80. The molecule has 0 saturated heterocycles. The van der Waals surface area contributed by atoms with Gasteiger partial charge in [-0.15, -0.1) is 0 Å². The molecule has 2 amide bonds. The third-order valence-corrected chi connectivity index (χ3v) is 4.47. The van der Waals surface area contributed by atoms with E-state index < -0.39 is 5.91 Å². The van der Waals surface area contributed by atoms with Crippen LogP contribution in [0.25, 0.3) is 0 Å². The molecule has 0 saturated carbocycles. The first kappa shape index (κ1) is 24.6. The number of rotatable bonds is 10. The SMILES string of the molecule is COc1cc(C(=O)NNC(=O)CCc2cc(OC)c(OC)c(OC)c2)ccc1OC(C)C. The maximum Gasteiger partial charge on any atom is 0.269 e. The smallest absolute Gasteiger partial charge is 0.269 e. The first-order valence-electron chi connectivity index (χ1n) is 10.1. The first-order valence-corrected chi connectivity index (χ1v) is 10.1. The quantitative estimate of drug-likeness (QED) is 0.541. The Balaban J connectivity index is 1.95. The largest absolute Gasteiger partial charge is 0.493 e. The van der Waals surface area contributed by atoms with E-state index in [1.165, 1.54) is 28.4 Å². The number of aryl methyl sites for hydroxylation is 1. The molecule has 0 spiro atoms. The van der Waals surface area contributed by atoms with E-state index in [4.69, 9.17) is 23.7 Å². The minimum absolute atomic E-state index is 0.0338. The van der Waals surface area contributed by atoms with E-state index in [2.05, 4.69) is 10.9 Å². The summed E-state index contributed by atoms with van der Waals surface area (Å²) in [7, 11) is 6.07. The van der Waals surface area contributed by atoms with E-state index in [-0.39, 0.29) is 18.4 Å². The molecule has 2 aromatic carbocycles. The number of hydrogen-bond acceptors (Lipinski definition) is 7. The van der Waals surface area contributed by atoms with Gasteiger partial charge in [0.2, 0.25) is 11.7 Å². The lowest BCUT2D eigenvalue weighted by molar-refractivity contribution is -0.121. The van der Waals surface area contributed by atoms with Gasteiger partial charge in [-0.05, 0) is 56.2 Å². The number of nitrogens with one attached hydrogen (secondary N) is 2. The van der Waals surface area contributed by atoms with Crippen LogP contribution >= 0.6 is 0 Å². The van der Waals surface area contributed by atoms with Gasteiger partial charge in [0.05, 0.1) is 34.5 Å². The zero-order valence-electron chi connectivity index (χ0n) is 19.2. The van der Waals surface area contributed by atoms with E-state index in [0.717, 1.165) is 5.56 Å². The van der Waals surface area contributed by atoms with Crippen LogP contribution in [0.2, 0.25) is 0 Å². The molecule has 9 heteroatoms. The summed E-state index contributed by atoms with van der Waals surface area (Å²) in [6.07, 6.45) is 0.519. The van der Waals surface area contributed by atoms with E-state index in [0.29, 0.717) is 40.7 Å². The number of benzene rings is 2. The minimum atomic E-state index is -0.472. The van der Waals surface area contributed by atoms with Crippen LogP contribution < -0.4 is 34.5 Å². The number of methoxy groups -OCH3 is 4. The zero-order valence-corrected chi connectivity index (χ0v) is 19.2. The lowest BCUT2D eigenvalue weighted by Gasteiger charge is -2.15. The summed E-state index contributed by atoms with van der Waals surface area (Å²) in [5, 5.41) is 0. The van der Waals surface area contributed by atoms with Crippen LogP contribution in [0, 0.1) is 0 Å². The van der Waals surface area contributed by atoms with Gasteiger partial charge in [-0.2, -0.15) is 0 Å². The molecule has 2 rings (SSSR count). The Labute approximate surface area is 187 Å². The van der Waals surface area contributed by atoms with E-state index in [1.54, 1.807) is 30.3 Å². The van der Waals surface area contributed by atoms with E-state index in [1.807, 2.05) is 13.8 Å². The molecule has 0 heterocycles. The van der Waals surface area contributed by atoms with Gasteiger partial charge in [-0.3, -0.25) is 20.4 Å². The Morgan fingerprint density at radius 1 is 0.812 bits per heavy atom. The van der Waals surface area contributed by atoms with Gasteiger partial charge in [0, 0.05) is 12.0 Å². The molecule has 0 atom stereocenters. The Hall–Kier alpha value is -3.62. The first-order chi connectivity index (χ1) is 15.3. The van der Waals surface area contributed by atoms with Crippen molar-refractivity contribution in [1.82, 2.24) is 10.9 Å². The maximum atomic E-state index is 12.4. The summed E-state index contributed by atoms with van der Waals surface area (Å²) >= 11 is 0. The summed E-state index contributed by atoms with van der Waals surface area (Å²) in [6.45, 7) is 3.79. The predicted molar refractivity (Wildman–Crippen MR) is 119 cm³/mol. The Kier molecular flexibility index (Phi) is 9.00. The highest BCUT2D eigenvalue weighted by Crippen LogP contribution is 2.38. The molecule has 0 radical (unpaired) electrons. The van der Waals surface area contributed by atoms with Gasteiger partial charge >= 0.3 is 0 Å². The molecule has 0 aliphatic carbocycles. The fourth-order valence-electron chi connectivity index (χ4n) is 2.96.